The molecule has 0 aromatic carbocycles. The molecule has 2 aliphatic rings. The van der Waals surface area contributed by atoms with Crippen LogP contribution in [0.4, 0.5) is 0 Å². The summed E-state index contributed by atoms with van der Waals surface area (Å²) in [6.45, 7) is 13.1. The molecule has 102 valence electrons. The zero-order chi connectivity index (χ0) is 13.6. The van der Waals surface area contributed by atoms with Crippen LogP contribution in [0.3, 0.4) is 0 Å². The molecule has 2 rings (SSSR count). The van der Waals surface area contributed by atoms with Crippen LogP contribution in [0.25, 0.3) is 0 Å². The molecule has 2 aliphatic carbocycles. The normalized spacial score (nSPS) is 36.7. The van der Waals surface area contributed by atoms with E-state index >= 15 is 0 Å². The van der Waals surface area contributed by atoms with Crippen molar-refractivity contribution >= 4 is 5.97 Å². The van der Waals surface area contributed by atoms with Gasteiger partial charge in [0.1, 0.15) is 0 Å². The van der Waals surface area contributed by atoms with E-state index in [1.54, 1.807) is 6.92 Å². The maximum atomic E-state index is 11.4. The maximum Gasteiger partial charge on any atom is 0.333 e. The number of ether oxygens (including phenoxy) is 1. The number of hydrogen-bond donors (Lipinski definition) is 0. The summed E-state index contributed by atoms with van der Waals surface area (Å²) in [5.41, 5.74) is 1.39. The van der Waals surface area contributed by atoms with Crippen molar-refractivity contribution in [1.29, 1.82) is 0 Å². The summed E-state index contributed by atoms with van der Waals surface area (Å²) in [5.74, 6) is 1.33. The van der Waals surface area contributed by atoms with Gasteiger partial charge in [-0.3, -0.25) is 0 Å². The fraction of sp³-hybridized carbons (Fsp3) is 0.812. The van der Waals surface area contributed by atoms with Crippen LogP contribution in [0.15, 0.2) is 12.2 Å². The third-order valence-electron chi connectivity index (χ3n) is 6.02. The minimum Gasteiger partial charge on any atom is -0.462 e. The smallest absolute Gasteiger partial charge is 0.333 e. The van der Waals surface area contributed by atoms with E-state index in [9.17, 15) is 4.79 Å². The third-order valence-corrected chi connectivity index (χ3v) is 6.02. The first-order valence-corrected chi connectivity index (χ1v) is 7.11. The first-order chi connectivity index (χ1) is 8.29. The van der Waals surface area contributed by atoms with Gasteiger partial charge in [0.05, 0.1) is 6.61 Å². The highest BCUT2D eigenvalue weighted by molar-refractivity contribution is 5.86. The fourth-order valence-corrected chi connectivity index (χ4v) is 4.22. The van der Waals surface area contributed by atoms with Crippen LogP contribution >= 0.6 is 0 Å². The Kier molecular flexibility index (Phi) is 3.33. The first kappa shape index (κ1) is 13.6. The van der Waals surface area contributed by atoms with Crippen LogP contribution < -0.4 is 0 Å². The van der Waals surface area contributed by atoms with Gasteiger partial charge in [0.25, 0.3) is 0 Å². The van der Waals surface area contributed by atoms with Crippen LogP contribution in [-0.2, 0) is 9.53 Å². The van der Waals surface area contributed by atoms with Crippen LogP contribution in [0.2, 0.25) is 0 Å². The summed E-state index contributed by atoms with van der Waals surface area (Å²) in [5, 5.41) is 0. The van der Waals surface area contributed by atoms with Gasteiger partial charge >= 0.3 is 5.97 Å². The summed E-state index contributed by atoms with van der Waals surface area (Å²) in [7, 11) is 0. The summed E-state index contributed by atoms with van der Waals surface area (Å²) < 4.78 is 5.25. The van der Waals surface area contributed by atoms with Crippen molar-refractivity contribution in [1.82, 2.24) is 0 Å². The molecule has 0 amide bonds. The number of carbonyl (C=O) groups excluding carboxylic acids is 1. The maximum absolute atomic E-state index is 11.4. The highest BCUT2D eigenvalue weighted by Crippen LogP contribution is 2.68. The Morgan fingerprint density at radius 1 is 1.39 bits per heavy atom. The second-order valence-corrected chi connectivity index (χ2v) is 7.01. The third kappa shape index (κ3) is 1.90. The van der Waals surface area contributed by atoms with E-state index < -0.39 is 0 Å². The number of esters is 1. The van der Waals surface area contributed by atoms with Gasteiger partial charge in [-0.1, -0.05) is 27.4 Å². The molecule has 0 spiro atoms. The number of carbonyl (C=O) groups is 1. The van der Waals surface area contributed by atoms with E-state index in [0.29, 0.717) is 28.9 Å². The van der Waals surface area contributed by atoms with Gasteiger partial charge in [0.2, 0.25) is 0 Å². The van der Waals surface area contributed by atoms with Gasteiger partial charge in [0.15, 0.2) is 0 Å². The van der Waals surface area contributed by atoms with E-state index in [1.807, 2.05) is 0 Å². The highest BCUT2D eigenvalue weighted by atomic mass is 16.5. The van der Waals surface area contributed by atoms with Crippen molar-refractivity contribution in [3.63, 3.8) is 0 Å². The fourth-order valence-electron chi connectivity index (χ4n) is 4.22. The Bertz CT molecular complexity index is 369. The standard InChI is InChI=1S/C16H26O2/c1-11(2)14(17)18-9-7-13-10-12-6-8-16(13,5)15(12,3)4/h12-13H,1,6-10H2,2-5H3. The Labute approximate surface area is 111 Å². The van der Waals surface area contributed by atoms with Gasteiger partial charge in [0, 0.05) is 5.57 Å². The van der Waals surface area contributed by atoms with Gasteiger partial charge in [-0.05, 0) is 55.3 Å². The molecule has 0 N–H and O–H groups in total. The molecule has 0 aromatic rings. The predicted octanol–water partition coefficient (Wildman–Crippen LogP) is 3.96. The molecule has 0 radical (unpaired) electrons. The molecule has 0 saturated heterocycles. The first-order valence-electron chi connectivity index (χ1n) is 7.11. The van der Waals surface area contributed by atoms with E-state index in [1.165, 1.54) is 19.3 Å². The highest BCUT2D eigenvalue weighted by Gasteiger charge is 2.60. The van der Waals surface area contributed by atoms with Crippen molar-refractivity contribution in [2.75, 3.05) is 6.61 Å². The van der Waals surface area contributed by atoms with Crippen molar-refractivity contribution in [2.45, 2.75) is 53.4 Å². The summed E-state index contributed by atoms with van der Waals surface area (Å²) in [4.78, 5) is 11.4. The number of fused-ring (bicyclic) bond motifs is 2. The summed E-state index contributed by atoms with van der Waals surface area (Å²) in [6, 6.07) is 0. The van der Waals surface area contributed by atoms with E-state index in [-0.39, 0.29) is 5.97 Å². The topological polar surface area (TPSA) is 26.3 Å². The SMILES string of the molecule is C=C(C)C(=O)OCCC1CC2CCC1(C)C2(C)C. The molecule has 3 unspecified atom stereocenters. The molecule has 0 heterocycles. The lowest BCUT2D eigenvalue weighted by Crippen LogP contribution is -2.32. The molecule has 3 atom stereocenters. The van der Waals surface area contributed by atoms with Crippen LogP contribution in [0.5, 0.6) is 0 Å². The number of rotatable bonds is 4. The van der Waals surface area contributed by atoms with Crippen LogP contribution in [0.1, 0.15) is 53.4 Å². The van der Waals surface area contributed by atoms with Crippen molar-refractivity contribution in [3.8, 4) is 0 Å². The van der Waals surface area contributed by atoms with Crippen molar-refractivity contribution in [3.05, 3.63) is 12.2 Å². The monoisotopic (exact) mass is 250 g/mol. The molecule has 2 bridgehead atoms. The Hall–Kier alpha value is -0.790. The van der Waals surface area contributed by atoms with Gasteiger partial charge in [-0.2, -0.15) is 0 Å². The molecular weight excluding hydrogens is 224 g/mol. The quantitative estimate of drug-likeness (QED) is 0.557. The Morgan fingerprint density at radius 2 is 2.06 bits per heavy atom. The zero-order valence-corrected chi connectivity index (χ0v) is 12.2. The predicted molar refractivity (Wildman–Crippen MR) is 73.1 cm³/mol. The average Bonchev–Trinajstić information content (AvgIpc) is 2.61. The van der Waals surface area contributed by atoms with Crippen molar-refractivity contribution in [2.24, 2.45) is 22.7 Å². The van der Waals surface area contributed by atoms with Gasteiger partial charge < -0.3 is 4.74 Å². The molecule has 2 nitrogen and oxygen atoms in total. The molecule has 2 heteroatoms. The van der Waals surface area contributed by atoms with Crippen LogP contribution in [-0.4, -0.2) is 12.6 Å². The molecule has 0 aliphatic heterocycles. The van der Waals surface area contributed by atoms with Crippen LogP contribution in [0, 0.1) is 22.7 Å². The second kappa shape index (κ2) is 4.40. The van der Waals surface area contributed by atoms with Gasteiger partial charge in [-0.15, -0.1) is 0 Å². The molecule has 2 fully saturated rings. The lowest BCUT2D eigenvalue weighted by atomic mass is 9.66. The Balaban J connectivity index is 1.89. The summed E-state index contributed by atoms with van der Waals surface area (Å²) in [6.07, 6.45) is 5.04. The van der Waals surface area contributed by atoms with E-state index in [0.717, 1.165) is 12.3 Å². The van der Waals surface area contributed by atoms with E-state index in [4.69, 9.17) is 4.74 Å². The molecular formula is C16H26O2. The lowest BCUT2D eigenvalue weighted by Gasteiger charge is -2.39. The van der Waals surface area contributed by atoms with Gasteiger partial charge in [-0.25, -0.2) is 4.79 Å². The number of hydrogen-bond acceptors (Lipinski definition) is 2. The zero-order valence-electron chi connectivity index (χ0n) is 12.2. The molecule has 18 heavy (non-hydrogen) atoms. The lowest BCUT2D eigenvalue weighted by molar-refractivity contribution is -0.139. The minimum absolute atomic E-state index is 0.248. The minimum atomic E-state index is -0.248. The molecule has 2 saturated carbocycles. The Morgan fingerprint density at radius 3 is 2.50 bits per heavy atom. The largest absolute Gasteiger partial charge is 0.462 e. The molecule has 0 aromatic heterocycles. The average molecular weight is 250 g/mol. The summed E-state index contributed by atoms with van der Waals surface area (Å²) >= 11 is 0. The van der Waals surface area contributed by atoms with E-state index in [2.05, 4.69) is 27.4 Å². The van der Waals surface area contributed by atoms with Crippen molar-refractivity contribution < 1.29 is 9.53 Å². The second-order valence-electron chi connectivity index (χ2n) is 7.01.